The Morgan fingerprint density at radius 1 is 1.22 bits per heavy atom. The fourth-order valence-electron chi connectivity index (χ4n) is 0.729. The Morgan fingerprint density at radius 2 is 1.67 bits per heavy atom. The molecule has 0 aliphatic heterocycles. The van der Waals surface area contributed by atoms with Gasteiger partial charge in [0.25, 0.3) is 0 Å². The number of nitrogens with one attached hydrogen (secondary N) is 2. The van der Waals surface area contributed by atoms with Gasteiger partial charge in [0.15, 0.2) is 0 Å². The molecule has 0 fully saturated rings. The highest BCUT2D eigenvalue weighted by Crippen LogP contribution is 2.11. The van der Waals surface area contributed by atoms with Crippen molar-refractivity contribution in [2.24, 2.45) is 0 Å². The molecule has 0 saturated heterocycles. The van der Waals surface area contributed by atoms with Crippen molar-refractivity contribution in [3.8, 4) is 0 Å². The highest BCUT2D eigenvalue weighted by molar-refractivity contribution is 4.76. The van der Waals surface area contributed by atoms with Crippen LogP contribution in [0.1, 0.15) is 33.6 Å². The van der Waals surface area contributed by atoms with E-state index in [1.54, 1.807) is 0 Å². The molecular weight excluding hydrogens is 112 g/mol. The van der Waals surface area contributed by atoms with Gasteiger partial charge in [-0.15, -0.1) is 0 Å². The molecule has 0 rings (SSSR count). The van der Waals surface area contributed by atoms with Crippen molar-refractivity contribution >= 4 is 0 Å². The van der Waals surface area contributed by atoms with Gasteiger partial charge < -0.3 is 0 Å². The summed E-state index contributed by atoms with van der Waals surface area (Å²) in [5, 5.41) is 0. The molecule has 2 heteroatoms. The van der Waals surface area contributed by atoms with Crippen LogP contribution in [0, 0.1) is 0 Å². The predicted octanol–water partition coefficient (Wildman–Crippen LogP) is 1.29. The average molecular weight is 130 g/mol. The van der Waals surface area contributed by atoms with Crippen LogP contribution in [0.3, 0.4) is 0 Å². The first-order valence-electron chi connectivity index (χ1n) is 3.62. The van der Waals surface area contributed by atoms with Crippen molar-refractivity contribution < 1.29 is 0 Å². The van der Waals surface area contributed by atoms with Crippen molar-refractivity contribution in [3.05, 3.63) is 0 Å². The maximum Gasteiger partial charge on any atom is 0.0290 e. The molecule has 0 saturated carbocycles. The lowest BCUT2D eigenvalue weighted by Crippen LogP contribution is -2.47. The molecule has 0 bridgehead atoms. The molecule has 0 atom stereocenters. The lowest BCUT2D eigenvalue weighted by atomic mass is 9.97. The topological polar surface area (TPSA) is 24.1 Å². The van der Waals surface area contributed by atoms with Gasteiger partial charge in [0.05, 0.1) is 0 Å². The second kappa shape index (κ2) is 3.85. The molecule has 0 aromatic heterocycles. The van der Waals surface area contributed by atoms with E-state index < -0.39 is 0 Å². The first-order valence-corrected chi connectivity index (χ1v) is 3.62. The smallest absolute Gasteiger partial charge is 0.0290 e. The van der Waals surface area contributed by atoms with Gasteiger partial charge in [-0.3, -0.25) is 10.9 Å². The monoisotopic (exact) mass is 130 g/mol. The molecule has 0 aromatic rings. The molecule has 0 amide bonds. The SMILES string of the molecule is CCC(C)(CC)NNC. The van der Waals surface area contributed by atoms with Crippen molar-refractivity contribution in [3.63, 3.8) is 0 Å². The molecule has 2 N–H and O–H groups in total. The molecule has 9 heavy (non-hydrogen) atoms. The molecular formula is C7H18N2. The van der Waals surface area contributed by atoms with Gasteiger partial charge in [0.1, 0.15) is 0 Å². The Kier molecular flexibility index (Phi) is 3.82. The zero-order valence-corrected chi connectivity index (χ0v) is 6.91. The molecule has 0 spiro atoms. The van der Waals surface area contributed by atoms with Crippen molar-refractivity contribution in [2.75, 3.05) is 7.05 Å². The van der Waals surface area contributed by atoms with Gasteiger partial charge in [-0.2, -0.15) is 0 Å². The summed E-state index contributed by atoms with van der Waals surface area (Å²) < 4.78 is 0. The molecule has 0 aromatic carbocycles. The summed E-state index contributed by atoms with van der Waals surface area (Å²) in [6.45, 7) is 6.59. The van der Waals surface area contributed by atoms with Crippen LogP contribution >= 0.6 is 0 Å². The summed E-state index contributed by atoms with van der Waals surface area (Å²) >= 11 is 0. The fourth-order valence-corrected chi connectivity index (χ4v) is 0.729. The quantitative estimate of drug-likeness (QED) is 0.560. The van der Waals surface area contributed by atoms with Crippen LogP contribution in [-0.2, 0) is 0 Å². The number of rotatable bonds is 4. The van der Waals surface area contributed by atoms with E-state index in [0.29, 0.717) is 0 Å². The van der Waals surface area contributed by atoms with Crippen molar-refractivity contribution in [2.45, 2.75) is 39.2 Å². The van der Waals surface area contributed by atoms with Crippen LogP contribution in [-0.4, -0.2) is 12.6 Å². The zero-order valence-electron chi connectivity index (χ0n) is 6.91. The Bertz CT molecular complexity index is 67.3. The van der Waals surface area contributed by atoms with Crippen LogP contribution in [0.15, 0.2) is 0 Å². The molecule has 0 radical (unpaired) electrons. The van der Waals surface area contributed by atoms with E-state index in [2.05, 4.69) is 31.6 Å². The lowest BCUT2D eigenvalue weighted by Gasteiger charge is -2.27. The molecule has 0 unspecified atom stereocenters. The summed E-state index contributed by atoms with van der Waals surface area (Å²) in [5.74, 6) is 0. The van der Waals surface area contributed by atoms with Crippen LogP contribution in [0.5, 0.6) is 0 Å². The maximum atomic E-state index is 3.21. The Balaban J connectivity index is 3.62. The van der Waals surface area contributed by atoms with E-state index >= 15 is 0 Å². The van der Waals surface area contributed by atoms with Gasteiger partial charge in [-0.25, -0.2) is 0 Å². The van der Waals surface area contributed by atoms with Crippen LogP contribution < -0.4 is 10.9 Å². The van der Waals surface area contributed by atoms with E-state index in [0.717, 1.165) is 12.8 Å². The van der Waals surface area contributed by atoms with Crippen molar-refractivity contribution in [1.29, 1.82) is 0 Å². The van der Waals surface area contributed by atoms with Crippen molar-refractivity contribution in [1.82, 2.24) is 10.9 Å². The Labute approximate surface area is 58.0 Å². The maximum absolute atomic E-state index is 3.21. The first-order chi connectivity index (χ1) is 4.18. The third-order valence-corrected chi connectivity index (χ3v) is 1.99. The van der Waals surface area contributed by atoms with Gasteiger partial charge >= 0.3 is 0 Å². The van der Waals surface area contributed by atoms with Gasteiger partial charge in [0, 0.05) is 5.54 Å². The third-order valence-electron chi connectivity index (χ3n) is 1.99. The minimum absolute atomic E-state index is 0.273. The molecule has 2 nitrogen and oxygen atoms in total. The first kappa shape index (κ1) is 8.92. The minimum Gasteiger partial charge on any atom is -0.260 e. The number of hydrogen-bond donors (Lipinski definition) is 2. The third kappa shape index (κ3) is 2.82. The van der Waals surface area contributed by atoms with Gasteiger partial charge in [0.2, 0.25) is 0 Å². The molecule has 0 aliphatic carbocycles. The Morgan fingerprint density at radius 3 is 1.78 bits per heavy atom. The number of hydrogen-bond acceptors (Lipinski definition) is 2. The van der Waals surface area contributed by atoms with E-state index in [-0.39, 0.29) is 5.54 Å². The second-order valence-electron chi connectivity index (χ2n) is 2.64. The summed E-state index contributed by atoms with van der Waals surface area (Å²) in [7, 11) is 1.91. The van der Waals surface area contributed by atoms with Crippen LogP contribution in [0.25, 0.3) is 0 Å². The normalized spacial score (nSPS) is 12.0. The second-order valence-corrected chi connectivity index (χ2v) is 2.64. The van der Waals surface area contributed by atoms with E-state index in [1.165, 1.54) is 0 Å². The summed E-state index contributed by atoms with van der Waals surface area (Å²) in [6, 6.07) is 0. The van der Waals surface area contributed by atoms with Gasteiger partial charge in [-0.05, 0) is 26.8 Å². The van der Waals surface area contributed by atoms with Crippen LogP contribution in [0.2, 0.25) is 0 Å². The summed E-state index contributed by atoms with van der Waals surface area (Å²) in [5.41, 5.74) is 6.44. The molecule has 0 heterocycles. The molecule has 56 valence electrons. The standard InChI is InChI=1S/C7H18N2/c1-5-7(3,6-2)9-8-4/h8-9H,5-6H2,1-4H3. The zero-order chi connectivity index (χ0) is 7.33. The highest BCUT2D eigenvalue weighted by atomic mass is 15.4. The van der Waals surface area contributed by atoms with E-state index in [4.69, 9.17) is 0 Å². The van der Waals surface area contributed by atoms with Gasteiger partial charge in [-0.1, -0.05) is 13.8 Å². The van der Waals surface area contributed by atoms with E-state index in [1.807, 2.05) is 7.05 Å². The number of hydrazine groups is 1. The summed E-state index contributed by atoms with van der Waals surface area (Å²) in [6.07, 6.45) is 2.31. The van der Waals surface area contributed by atoms with Crippen LogP contribution in [0.4, 0.5) is 0 Å². The summed E-state index contributed by atoms with van der Waals surface area (Å²) in [4.78, 5) is 0. The minimum atomic E-state index is 0.273. The average Bonchev–Trinajstić information content (AvgIpc) is 1.89. The Hall–Kier alpha value is -0.0800. The fraction of sp³-hybridized carbons (Fsp3) is 1.00. The lowest BCUT2D eigenvalue weighted by molar-refractivity contribution is 0.299. The largest absolute Gasteiger partial charge is 0.260 e. The van der Waals surface area contributed by atoms with E-state index in [9.17, 15) is 0 Å². The molecule has 0 aliphatic rings. The highest BCUT2D eigenvalue weighted by Gasteiger charge is 2.16. The predicted molar refractivity (Wildman–Crippen MR) is 41.2 cm³/mol.